The number of nitrogens with two attached hydrogens (primary N) is 1. The predicted octanol–water partition coefficient (Wildman–Crippen LogP) is 1.18. The summed E-state index contributed by atoms with van der Waals surface area (Å²) in [4.78, 5) is 21.2. The molecule has 0 fully saturated rings. The topological polar surface area (TPSA) is 84.0 Å². The Morgan fingerprint density at radius 3 is 2.71 bits per heavy atom. The smallest absolute Gasteiger partial charge is 0.225 e. The summed E-state index contributed by atoms with van der Waals surface area (Å²) in [6, 6.07) is 4.27. The molecule has 0 aliphatic rings. The van der Waals surface area contributed by atoms with Crippen molar-refractivity contribution in [2.45, 2.75) is 0 Å². The van der Waals surface area contributed by atoms with Gasteiger partial charge in [-0.2, -0.15) is 5.26 Å². The molecule has 5 heteroatoms. The first kappa shape index (κ1) is 10.2. The number of hydrogen-bond acceptors (Lipinski definition) is 4. The molecule has 0 saturated heterocycles. The van der Waals surface area contributed by atoms with E-state index in [1.807, 2.05) is 0 Å². The maximum atomic E-state index is 11.0. The zero-order chi connectivity index (χ0) is 10.7. The van der Waals surface area contributed by atoms with Gasteiger partial charge in [0.05, 0.1) is 16.3 Å². The molecule has 0 bridgehead atoms. The van der Waals surface area contributed by atoms with Crippen molar-refractivity contribution in [3.8, 4) is 6.07 Å². The van der Waals surface area contributed by atoms with E-state index >= 15 is 0 Å². The van der Waals surface area contributed by atoms with Gasteiger partial charge >= 0.3 is 0 Å². The summed E-state index contributed by atoms with van der Waals surface area (Å²) in [5, 5.41) is 8.73. The molecule has 0 aliphatic carbocycles. The van der Waals surface area contributed by atoms with Crippen LogP contribution in [0, 0.1) is 11.3 Å². The lowest BCUT2D eigenvalue weighted by Crippen LogP contribution is -2.02. The SMILES string of the molecule is N#Cc1cc(C(=O)C=O)cc(Cl)c1N. The minimum absolute atomic E-state index is 0.0655. The summed E-state index contributed by atoms with van der Waals surface area (Å²) in [6.07, 6.45) is 0.156. The molecular formula is C9H5ClN2O2. The molecule has 0 aliphatic heterocycles. The van der Waals surface area contributed by atoms with E-state index in [2.05, 4.69) is 0 Å². The molecule has 14 heavy (non-hydrogen) atoms. The Morgan fingerprint density at radius 1 is 1.57 bits per heavy atom. The highest BCUT2D eigenvalue weighted by atomic mass is 35.5. The Morgan fingerprint density at radius 2 is 2.21 bits per heavy atom. The molecule has 0 amide bonds. The Hall–Kier alpha value is -1.86. The Labute approximate surface area is 84.9 Å². The number of nitrogen functional groups attached to an aromatic ring is 1. The molecule has 0 spiro atoms. The Kier molecular flexibility index (Phi) is 2.85. The van der Waals surface area contributed by atoms with Crippen molar-refractivity contribution in [3.05, 3.63) is 28.3 Å². The maximum absolute atomic E-state index is 11.0. The molecule has 0 saturated carbocycles. The number of nitrogens with zero attached hydrogens (tertiary/aromatic N) is 1. The largest absolute Gasteiger partial charge is 0.396 e. The van der Waals surface area contributed by atoms with Crippen LogP contribution in [0.3, 0.4) is 0 Å². The number of carbonyl (C=O) groups is 2. The summed E-state index contributed by atoms with van der Waals surface area (Å²) >= 11 is 5.65. The van der Waals surface area contributed by atoms with Crippen molar-refractivity contribution in [3.63, 3.8) is 0 Å². The molecule has 2 N–H and O–H groups in total. The molecule has 0 heterocycles. The normalized spacial score (nSPS) is 9.14. The number of nitriles is 1. The van der Waals surface area contributed by atoms with Crippen molar-refractivity contribution in [2.24, 2.45) is 0 Å². The first-order valence-corrected chi connectivity index (χ1v) is 3.96. The lowest BCUT2D eigenvalue weighted by atomic mass is 10.1. The Bertz CT molecular complexity index is 449. The van der Waals surface area contributed by atoms with Crippen molar-refractivity contribution in [2.75, 3.05) is 5.73 Å². The summed E-state index contributed by atoms with van der Waals surface area (Å²) in [7, 11) is 0. The molecule has 0 aromatic heterocycles. The summed E-state index contributed by atoms with van der Waals surface area (Å²) in [5.41, 5.74) is 5.71. The molecule has 0 atom stereocenters. The van der Waals surface area contributed by atoms with Gasteiger partial charge in [-0.25, -0.2) is 0 Å². The van der Waals surface area contributed by atoms with E-state index in [4.69, 9.17) is 22.6 Å². The summed E-state index contributed by atoms with van der Waals surface area (Å²) < 4.78 is 0. The van der Waals surface area contributed by atoms with Gasteiger partial charge in [-0.05, 0) is 12.1 Å². The highest BCUT2D eigenvalue weighted by Gasteiger charge is 2.10. The van der Waals surface area contributed by atoms with Gasteiger partial charge < -0.3 is 5.73 Å². The van der Waals surface area contributed by atoms with Crippen LogP contribution in [0.1, 0.15) is 15.9 Å². The average molecular weight is 209 g/mol. The van der Waals surface area contributed by atoms with Crippen molar-refractivity contribution < 1.29 is 9.59 Å². The second kappa shape index (κ2) is 3.90. The van der Waals surface area contributed by atoms with Gasteiger partial charge in [0.1, 0.15) is 6.07 Å². The van der Waals surface area contributed by atoms with Crippen LogP contribution in [-0.2, 0) is 4.79 Å². The van der Waals surface area contributed by atoms with Crippen molar-refractivity contribution >= 4 is 29.4 Å². The number of hydrogen-bond donors (Lipinski definition) is 1. The molecule has 0 unspecified atom stereocenters. The van der Waals surface area contributed by atoms with E-state index in [9.17, 15) is 9.59 Å². The van der Waals surface area contributed by atoms with E-state index in [0.717, 1.165) is 0 Å². The van der Waals surface area contributed by atoms with Gasteiger partial charge in [0, 0.05) is 5.56 Å². The van der Waals surface area contributed by atoms with Crippen LogP contribution in [0.15, 0.2) is 12.1 Å². The second-order valence-electron chi connectivity index (χ2n) is 2.51. The van der Waals surface area contributed by atoms with Gasteiger partial charge in [-0.1, -0.05) is 11.6 Å². The Balaban J connectivity index is 3.38. The number of anilines is 1. The van der Waals surface area contributed by atoms with E-state index in [-0.39, 0.29) is 28.1 Å². The van der Waals surface area contributed by atoms with Crippen LogP contribution < -0.4 is 5.73 Å². The molecule has 0 radical (unpaired) electrons. The first-order valence-electron chi connectivity index (χ1n) is 3.58. The number of halogens is 1. The number of aldehydes is 1. The molecule has 1 rings (SSSR count). The highest BCUT2D eigenvalue weighted by molar-refractivity contribution is 6.36. The number of benzene rings is 1. The number of ketones is 1. The minimum atomic E-state index is -0.733. The van der Waals surface area contributed by atoms with Gasteiger partial charge in [0.25, 0.3) is 0 Å². The zero-order valence-electron chi connectivity index (χ0n) is 6.95. The van der Waals surface area contributed by atoms with E-state index in [0.29, 0.717) is 0 Å². The quantitative estimate of drug-likeness (QED) is 0.342. The van der Waals surface area contributed by atoms with Crippen LogP contribution >= 0.6 is 11.6 Å². The van der Waals surface area contributed by atoms with E-state index in [1.165, 1.54) is 12.1 Å². The lowest BCUT2D eigenvalue weighted by molar-refractivity contribution is -0.104. The van der Waals surface area contributed by atoms with Gasteiger partial charge in [-0.15, -0.1) is 0 Å². The fraction of sp³-hybridized carbons (Fsp3) is 0. The minimum Gasteiger partial charge on any atom is -0.396 e. The third-order valence-corrected chi connectivity index (χ3v) is 1.95. The fourth-order valence-electron chi connectivity index (χ4n) is 0.921. The highest BCUT2D eigenvalue weighted by Crippen LogP contribution is 2.24. The monoisotopic (exact) mass is 208 g/mol. The molecule has 1 aromatic carbocycles. The average Bonchev–Trinajstić information content (AvgIpc) is 2.20. The second-order valence-corrected chi connectivity index (χ2v) is 2.92. The predicted molar refractivity (Wildman–Crippen MR) is 51.0 cm³/mol. The fourth-order valence-corrected chi connectivity index (χ4v) is 1.14. The lowest BCUT2D eigenvalue weighted by Gasteiger charge is -2.02. The van der Waals surface area contributed by atoms with Crippen LogP contribution in [0.5, 0.6) is 0 Å². The zero-order valence-corrected chi connectivity index (χ0v) is 7.71. The summed E-state index contributed by atoms with van der Waals surface area (Å²) in [5.74, 6) is -0.733. The van der Waals surface area contributed by atoms with Crippen LogP contribution in [0.2, 0.25) is 5.02 Å². The third kappa shape index (κ3) is 1.73. The van der Waals surface area contributed by atoms with Crippen molar-refractivity contribution in [1.29, 1.82) is 5.26 Å². The summed E-state index contributed by atoms with van der Waals surface area (Å²) in [6.45, 7) is 0. The standard InChI is InChI=1S/C9H5ClN2O2/c10-7-2-5(8(14)4-13)1-6(3-11)9(7)12/h1-2,4H,12H2. The third-order valence-electron chi connectivity index (χ3n) is 1.64. The van der Waals surface area contributed by atoms with E-state index < -0.39 is 5.78 Å². The van der Waals surface area contributed by atoms with E-state index in [1.54, 1.807) is 6.07 Å². The number of rotatable bonds is 2. The van der Waals surface area contributed by atoms with Crippen LogP contribution in [0.4, 0.5) is 5.69 Å². The molecule has 70 valence electrons. The molecule has 1 aromatic rings. The van der Waals surface area contributed by atoms with Gasteiger partial charge in [0.15, 0.2) is 6.29 Å². The van der Waals surface area contributed by atoms with Crippen molar-refractivity contribution in [1.82, 2.24) is 0 Å². The number of carbonyl (C=O) groups excluding carboxylic acids is 2. The number of Topliss-reactive ketones (excluding diaryl/α,β-unsaturated/α-hetero) is 1. The molecular weight excluding hydrogens is 204 g/mol. The van der Waals surface area contributed by atoms with Crippen LogP contribution in [0.25, 0.3) is 0 Å². The van der Waals surface area contributed by atoms with Gasteiger partial charge in [0.2, 0.25) is 5.78 Å². The first-order chi connectivity index (χ1) is 6.60. The van der Waals surface area contributed by atoms with Gasteiger partial charge in [-0.3, -0.25) is 9.59 Å². The maximum Gasteiger partial charge on any atom is 0.225 e. The van der Waals surface area contributed by atoms with Crippen LogP contribution in [-0.4, -0.2) is 12.1 Å². The molecule has 4 nitrogen and oxygen atoms in total.